The highest BCUT2D eigenvalue weighted by atomic mass is 16.5. The van der Waals surface area contributed by atoms with Gasteiger partial charge in [-0.05, 0) is 33.8 Å². The van der Waals surface area contributed by atoms with Crippen molar-refractivity contribution < 1.29 is 4.74 Å². The van der Waals surface area contributed by atoms with Crippen molar-refractivity contribution in [2.45, 2.75) is 39.8 Å². The van der Waals surface area contributed by atoms with E-state index in [1.54, 1.807) is 7.11 Å². The maximum Gasteiger partial charge on any atom is 0.0981 e. The van der Waals surface area contributed by atoms with Gasteiger partial charge in [0.05, 0.1) is 11.8 Å². The summed E-state index contributed by atoms with van der Waals surface area (Å²) in [6, 6.07) is 2.49. The summed E-state index contributed by atoms with van der Waals surface area (Å²) in [7, 11) is 1.70. The Balaban J connectivity index is 2.95. The van der Waals surface area contributed by atoms with E-state index in [0.29, 0.717) is 6.04 Å². The van der Waals surface area contributed by atoms with Crippen LogP contribution in [0.4, 0.5) is 0 Å². The van der Waals surface area contributed by atoms with Crippen LogP contribution in [0.2, 0.25) is 0 Å². The first kappa shape index (κ1) is 10.3. The molecule has 0 saturated carbocycles. The molecule has 74 valence electrons. The molecule has 3 nitrogen and oxygen atoms in total. The highest BCUT2D eigenvalue weighted by Crippen LogP contribution is 2.17. The standard InChI is InChI=1S/C10H18N2O/c1-7(2)12-8(3)6-10(11-12)9(4)13-5/h6-7,9H,1-5H3. The monoisotopic (exact) mass is 182 g/mol. The summed E-state index contributed by atoms with van der Waals surface area (Å²) in [4.78, 5) is 0. The van der Waals surface area contributed by atoms with Gasteiger partial charge in [-0.15, -0.1) is 0 Å². The Morgan fingerprint density at radius 1 is 1.38 bits per heavy atom. The van der Waals surface area contributed by atoms with E-state index >= 15 is 0 Å². The lowest BCUT2D eigenvalue weighted by Crippen LogP contribution is -2.06. The summed E-state index contributed by atoms with van der Waals surface area (Å²) in [5, 5.41) is 4.47. The van der Waals surface area contributed by atoms with Crippen molar-refractivity contribution in [1.29, 1.82) is 0 Å². The third kappa shape index (κ3) is 2.10. The van der Waals surface area contributed by atoms with Gasteiger partial charge >= 0.3 is 0 Å². The molecule has 0 spiro atoms. The third-order valence-electron chi connectivity index (χ3n) is 2.20. The van der Waals surface area contributed by atoms with E-state index in [-0.39, 0.29) is 6.10 Å². The molecular formula is C10H18N2O. The topological polar surface area (TPSA) is 27.1 Å². The van der Waals surface area contributed by atoms with Crippen molar-refractivity contribution in [3.63, 3.8) is 0 Å². The lowest BCUT2D eigenvalue weighted by molar-refractivity contribution is 0.115. The quantitative estimate of drug-likeness (QED) is 0.718. The predicted octanol–water partition coefficient (Wildman–Crippen LogP) is 2.48. The van der Waals surface area contributed by atoms with E-state index in [1.165, 1.54) is 5.69 Å². The second-order valence-electron chi connectivity index (χ2n) is 3.63. The number of rotatable bonds is 3. The van der Waals surface area contributed by atoms with Gasteiger partial charge in [0.25, 0.3) is 0 Å². The van der Waals surface area contributed by atoms with Gasteiger partial charge in [-0.1, -0.05) is 0 Å². The molecule has 0 bridgehead atoms. The van der Waals surface area contributed by atoms with Gasteiger partial charge in [0.2, 0.25) is 0 Å². The molecule has 13 heavy (non-hydrogen) atoms. The molecule has 0 aliphatic heterocycles. The number of aromatic nitrogens is 2. The fourth-order valence-electron chi connectivity index (χ4n) is 1.35. The molecule has 0 aliphatic carbocycles. The molecule has 0 amide bonds. The van der Waals surface area contributed by atoms with Gasteiger partial charge < -0.3 is 4.74 Å². The fraction of sp³-hybridized carbons (Fsp3) is 0.700. The van der Waals surface area contributed by atoms with Crippen molar-refractivity contribution in [1.82, 2.24) is 9.78 Å². The minimum Gasteiger partial charge on any atom is -0.375 e. The van der Waals surface area contributed by atoms with Crippen LogP contribution in [0.1, 0.15) is 44.3 Å². The Morgan fingerprint density at radius 3 is 2.38 bits per heavy atom. The van der Waals surface area contributed by atoms with Crippen LogP contribution in [0.3, 0.4) is 0 Å². The Bertz CT molecular complexity index is 278. The van der Waals surface area contributed by atoms with Crippen molar-refractivity contribution in [2.75, 3.05) is 7.11 Å². The maximum absolute atomic E-state index is 5.21. The molecule has 0 radical (unpaired) electrons. The molecule has 0 aliphatic rings. The molecule has 1 aromatic heterocycles. The average Bonchev–Trinajstić information content (AvgIpc) is 2.46. The summed E-state index contributed by atoms with van der Waals surface area (Å²) in [6.07, 6.45) is 0.0821. The number of hydrogen-bond donors (Lipinski definition) is 0. The highest BCUT2D eigenvalue weighted by molar-refractivity contribution is 5.11. The largest absolute Gasteiger partial charge is 0.375 e. The summed E-state index contributed by atoms with van der Waals surface area (Å²) in [5.74, 6) is 0. The predicted molar refractivity (Wildman–Crippen MR) is 52.8 cm³/mol. The molecule has 1 aromatic rings. The SMILES string of the molecule is COC(C)c1cc(C)n(C(C)C)n1. The van der Waals surface area contributed by atoms with Crippen LogP contribution in [0.25, 0.3) is 0 Å². The van der Waals surface area contributed by atoms with Crippen LogP contribution in [0.15, 0.2) is 6.07 Å². The molecule has 0 fully saturated rings. The van der Waals surface area contributed by atoms with E-state index in [0.717, 1.165) is 5.69 Å². The van der Waals surface area contributed by atoms with E-state index in [2.05, 4.69) is 31.9 Å². The van der Waals surface area contributed by atoms with Crippen LogP contribution in [-0.4, -0.2) is 16.9 Å². The fourth-order valence-corrected chi connectivity index (χ4v) is 1.35. The van der Waals surface area contributed by atoms with Crippen molar-refractivity contribution in [2.24, 2.45) is 0 Å². The molecule has 0 aromatic carbocycles. The zero-order valence-electron chi connectivity index (χ0n) is 9.03. The molecule has 0 saturated heterocycles. The van der Waals surface area contributed by atoms with Crippen LogP contribution >= 0.6 is 0 Å². The first-order valence-corrected chi connectivity index (χ1v) is 4.65. The lowest BCUT2D eigenvalue weighted by atomic mass is 10.2. The minimum absolute atomic E-state index is 0.0821. The van der Waals surface area contributed by atoms with Crippen LogP contribution in [-0.2, 0) is 4.74 Å². The van der Waals surface area contributed by atoms with E-state index in [9.17, 15) is 0 Å². The average molecular weight is 182 g/mol. The third-order valence-corrected chi connectivity index (χ3v) is 2.20. The molecule has 1 atom stereocenters. The zero-order chi connectivity index (χ0) is 10.0. The Hall–Kier alpha value is -0.830. The van der Waals surface area contributed by atoms with Gasteiger partial charge in [0.15, 0.2) is 0 Å². The van der Waals surface area contributed by atoms with Gasteiger partial charge in [-0.25, -0.2) is 0 Å². The summed E-state index contributed by atoms with van der Waals surface area (Å²) >= 11 is 0. The molecule has 0 N–H and O–H groups in total. The van der Waals surface area contributed by atoms with Gasteiger partial charge in [-0.3, -0.25) is 4.68 Å². The zero-order valence-corrected chi connectivity index (χ0v) is 9.03. The van der Waals surface area contributed by atoms with Gasteiger partial charge in [0, 0.05) is 18.8 Å². The smallest absolute Gasteiger partial charge is 0.0981 e. The first-order valence-electron chi connectivity index (χ1n) is 4.65. The molecule has 3 heteroatoms. The number of methoxy groups -OCH3 is 1. The maximum atomic E-state index is 5.21. The van der Waals surface area contributed by atoms with E-state index in [1.807, 2.05) is 11.6 Å². The van der Waals surface area contributed by atoms with Gasteiger partial charge in [0.1, 0.15) is 0 Å². The Kier molecular flexibility index (Phi) is 3.09. The normalized spacial score (nSPS) is 13.7. The molecular weight excluding hydrogens is 164 g/mol. The van der Waals surface area contributed by atoms with Crippen molar-refractivity contribution in [3.05, 3.63) is 17.5 Å². The second kappa shape index (κ2) is 3.92. The highest BCUT2D eigenvalue weighted by Gasteiger charge is 2.11. The molecule has 1 rings (SSSR count). The Morgan fingerprint density at radius 2 is 2.00 bits per heavy atom. The summed E-state index contributed by atoms with van der Waals surface area (Å²) in [5.41, 5.74) is 2.20. The van der Waals surface area contributed by atoms with Gasteiger partial charge in [-0.2, -0.15) is 5.10 Å². The number of ether oxygens (including phenoxy) is 1. The minimum atomic E-state index is 0.0821. The molecule has 1 heterocycles. The van der Waals surface area contributed by atoms with Crippen LogP contribution in [0.5, 0.6) is 0 Å². The van der Waals surface area contributed by atoms with E-state index in [4.69, 9.17) is 4.74 Å². The number of aryl methyl sites for hydroxylation is 1. The number of hydrogen-bond acceptors (Lipinski definition) is 2. The van der Waals surface area contributed by atoms with Crippen LogP contribution in [0, 0.1) is 6.92 Å². The number of nitrogens with zero attached hydrogens (tertiary/aromatic N) is 2. The summed E-state index contributed by atoms with van der Waals surface area (Å²) in [6.45, 7) is 8.33. The summed E-state index contributed by atoms with van der Waals surface area (Å²) < 4.78 is 7.23. The molecule has 1 unspecified atom stereocenters. The lowest BCUT2D eigenvalue weighted by Gasteiger charge is -2.08. The van der Waals surface area contributed by atoms with E-state index < -0.39 is 0 Å². The Labute approximate surface area is 79.7 Å². The van der Waals surface area contributed by atoms with Crippen molar-refractivity contribution >= 4 is 0 Å². The van der Waals surface area contributed by atoms with Crippen molar-refractivity contribution in [3.8, 4) is 0 Å². The second-order valence-corrected chi connectivity index (χ2v) is 3.63. The first-order chi connectivity index (χ1) is 6.06. The van der Waals surface area contributed by atoms with Crippen LogP contribution < -0.4 is 0 Å².